The largest absolute Gasteiger partial charge is 0.385 e. The van der Waals surface area contributed by atoms with Gasteiger partial charge in [-0.3, -0.25) is 0 Å². The zero-order valence-corrected chi connectivity index (χ0v) is 5.02. The second-order valence-electron chi connectivity index (χ2n) is 0.964. The Bertz CT molecular complexity index is 12.8. The molecule has 0 aromatic rings. The first-order chi connectivity index (χ1) is 1.73. The first-order valence-electron chi connectivity index (χ1n) is 1.15. The quantitative estimate of drug-likeness (QED) is 0.307. The van der Waals surface area contributed by atoms with Crippen LogP contribution in [0.15, 0.2) is 0 Å². The summed E-state index contributed by atoms with van der Waals surface area (Å²) in [5.41, 5.74) is 0. The molecule has 1 nitrogen and oxygen atoms in total. The molecule has 0 heterocycles. The summed E-state index contributed by atoms with van der Waals surface area (Å²) in [6, 6.07) is 0. The van der Waals surface area contributed by atoms with Crippen molar-refractivity contribution >= 4 is 18.4 Å². The van der Waals surface area contributed by atoms with Gasteiger partial charge < -0.3 is 4.48 Å². The summed E-state index contributed by atoms with van der Waals surface area (Å²) in [5.74, 6) is 0. The van der Waals surface area contributed by atoms with E-state index in [1.165, 1.54) is 0 Å². The molecule has 0 saturated heterocycles. The van der Waals surface area contributed by atoms with Gasteiger partial charge in [0.2, 0.25) is 0 Å². The number of hydrogen-bond acceptors (Lipinski definition) is 1. The molecule has 4 heavy (non-hydrogen) atoms. The van der Waals surface area contributed by atoms with Crippen LogP contribution < -0.4 is 0 Å². The summed E-state index contributed by atoms with van der Waals surface area (Å²) in [5, 5.41) is 0. The molecule has 0 aliphatic carbocycles. The fourth-order valence-electron chi connectivity index (χ4n) is 0. The van der Waals surface area contributed by atoms with Crippen LogP contribution in [-0.2, 0) is 0 Å². The van der Waals surface area contributed by atoms with E-state index in [4.69, 9.17) is 7.98 Å². The SMILES string of the molecule is [B]N(C)[SiH3]. The summed E-state index contributed by atoms with van der Waals surface area (Å²) in [6.07, 6.45) is 0. The average Bonchev–Trinajstić information content (AvgIpc) is 0.811. The molecule has 0 N–H and O–H groups in total. The fourth-order valence-corrected chi connectivity index (χ4v) is 0. The van der Waals surface area contributed by atoms with Gasteiger partial charge in [0.1, 0.15) is 0 Å². The molecule has 2 radical (unpaired) electrons. The Hall–Kier alpha value is 0.242. The van der Waals surface area contributed by atoms with E-state index in [0.717, 1.165) is 10.4 Å². The van der Waals surface area contributed by atoms with Crippen molar-refractivity contribution in [2.75, 3.05) is 7.05 Å². The van der Waals surface area contributed by atoms with Gasteiger partial charge in [0.25, 0.3) is 0 Å². The van der Waals surface area contributed by atoms with Crippen LogP contribution in [0.4, 0.5) is 0 Å². The Balaban J connectivity index is 2.32. The summed E-state index contributed by atoms with van der Waals surface area (Å²) in [7, 11) is 7.81. The third-order valence-electron chi connectivity index (χ3n) is 0. The summed E-state index contributed by atoms with van der Waals surface area (Å²) in [6.45, 7) is 0. The average molecular weight is 71.0 g/mol. The van der Waals surface area contributed by atoms with Gasteiger partial charge in [-0.25, -0.2) is 0 Å². The van der Waals surface area contributed by atoms with Crippen LogP contribution in [0.3, 0.4) is 0 Å². The monoisotopic (exact) mass is 71.0 g/mol. The summed E-state index contributed by atoms with van der Waals surface area (Å²) >= 11 is 0. The molecule has 0 aliphatic rings. The molecule has 0 aromatic carbocycles. The van der Waals surface area contributed by atoms with E-state index < -0.39 is 0 Å². The lowest BCUT2D eigenvalue weighted by Gasteiger charge is -1.91. The first-order valence-corrected chi connectivity index (χ1v) is 2.05. The van der Waals surface area contributed by atoms with Gasteiger partial charge in [-0.15, -0.1) is 0 Å². The van der Waals surface area contributed by atoms with Crippen molar-refractivity contribution in [3.05, 3.63) is 0 Å². The minimum Gasteiger partial charge on any atom is -0.385 e. The summed E-state index contributed by atoms with van der Waals surface area (Å²) < 4.78 is 1.64. The molecule has 0 aromatic heterocycles. The standard InChI is InChI=1S/CH6BNSi/c1-3(2)4/h1,4H3. The predicted molar refractivity (Wildman–Crippen MR) is 23.5 cm³/mol. The van der Waals surface area contributed by atoms with Crippen LogP contribution in [0.1, 0.15) is 0 Å². The molecule has 0 rings (SSSR count). The third-order valence-corrected chi connectivity index (χ3v) is 0. The predicted octanol–water partition coefficient (Wildman–Crippen LogP) is -1.72. The van der Waals surface area contributed by atoms with Gasteiger partial charge in [-0.05, 0) is 7.05 Å². The second-order valence-corrected chi connectivity index (χ2v) is 2.37. The highest BCUT2D eigenvalue weighted by atomic mass is 28.2. The maximum absolute atomic E-state index is 5.01. The topological polar surface area (TPSA) is 3.24 Å². The normalized spacial score (nSPS) is 9.50. The molecule has 3 heteroatoms. The van der Waals surface area contributed by atoms with Crippen molar-refractivity contribution in [3.63, 3.8) is 0 Å². The van der Waals surface area contributed by atoms with Crippen LogP contribution in [0, 0.1) is 0 Å². The zero-order chi connectivity index (χ0) is 3.58. The van der Waals surface area contributed by atoms with Crippen LogP contribution in [-0.4, -0.2) is 29.9 Å². The molecule has 0 atom stereocenters. The fraction of sp³-hybridized carbons (Fsp3) is 1.00. The molecule has 0 aliphatic heterocycles. The van der Waals surface area contributed by atoms with E-state index in [-0.39, 0.29) is 0 Å². The number of rotatable bonds is 0. The molecule has 0 spiro atoms. The van der Waals surface area contributed by atoms with Gasteiger partial charge in [-0.1, -0.05) is 0 Å². The maximum atomic E-state index is 5.01. The molecule has 22 valence electrons. The van der Waals surface area contributed by atoms with Gasteiger partial charge in [0.15, 0.2) is 7.98 Å². The molecular weight excluding hydrogens is 64.9 g/mol. The van der Waals surface area contributed by atoms with Crippen LogP contribution >= 0.6 is 0 Å². The van der Waals surface area contributed by atoms with Crippen molar-refractivity contribution in [3.8, 4) is 0 Å². The van der Waals surface area contributed by atoms with Crippen LogP contribution in [0.5, 0.6) is 0 Å². The van der Waals surface area contributed by atoms with E-state index >= 15 is 0 Å². The lowest BCUT2D eigenvalue weighted by molar-refractivity contribution is 0.891. The Morgan fingerprint density at radius 1 is 2.00 bits per heavy atom. The Morgan fingerprint density at radius 2 is 2.00 bits per heavy atom. The molecule has 0 amide bonds. The molecule has 0 saturated carbocycles. The van der Waals surface area contributed by atoms with Crippen molar-refractivity contribution in [1.29, 1.82) is 0 Å². The van der Waals surface area contributed by atoms with Crippen molar-refractivity contribution in [2.45, 2.75) is 0 Å². The minimum atomic E-state index is 0.960. The highest BCUT2D eigenvalue weighted by molar-refractivity contribution is 6.24. The van der Waals surface area contributed by atoms with Gasteiger partial charge in [0, 0.05) is 0 Å². The lowest BCUT2D eigenvalue weighted by atomic mass is 10.5. The zero-order valence-electron chi connectivity index (χ0n) is 3.02. The van der Waals surface area contributed by atoms with Crippen molar-refractivity contribution in [2.24, 2.45) is 0 Å². The van der Waals surface area contributed by atoms with E-state index in [0.29, 0.717) is 0 Å². The number of hydrogen-bond donors (Lipinski definition) is 0. The second kappa shape index (κ2) is 1.55. The first kappa shape index (κ1) is 4.24. The van der Waals surface area contributed by atoms with E-state index in [1.54, 1.807) is 4.48 Å². The Morgan fingerprint density at radius 3 is 2.00 bits per heavy atom. The van der Waals surface area contributed by atoms with Crippen LogP contribution in [0.25, 0.3) is 0 Å². The number of nitrogens with zero attached hydrogens (tertiary/aromatic N) is 1. The molecule has 0 bridgehead atoms. The molecular formula is CH6BNSi. The van der Waals surface area contributed by atoms with Crippen molar-refractivity contribution < 1.29 is 0 Å². The lowest BCUT2D eigenvalue weighted by Crippen LogP contribution is -2.05. The summed E-state index contributed by atoms with van der Waals surface area (Å²) in [4.78, 5) is 0. The van der Waals surface area contributed by atoms with E-state index in [2.05, 4.69) is 0 Å². The van der Waals surface area contributed by atoms with Gasteiger partial charge >= 0.3 is 0 Å². The van der Waals surface area contributed by atoms with E-state index in [9.17, 15) is 0 Å². The van der Waals surface area contributed by atoms with Gasteiger partial charge in [-0.2, -0.15) is 0 Å². The Labute approximate surface area is 30.9 Å². The smallest absolute Gasteiger partial charge is 0.171 e. The molecule has 0 fully saturated rings. The highest BCUT2D eigenvalue weighted by Crippen LogP contribution is 1.41. The van der Waals surface area contributed by atoms with E-state index in [1.807, 2.05) is 7.05 Å². The minimum absolute atomic E-state index is 0.960. The molecule has 0 unspecified atom stereocenters. The van der Waals surface area contributed by atoms with Crippen molar-refractivity contribution in [1.82, 2.24) is 4.48 Å². The third kappa shape index (κ3) is 59.1. The van der Waals surface area contributed by atoms with Gasteiger partial charge in [0.05, 0.1) is 10.4 Å². The Kier molecular flexibility index (Phi) is 1.64. The maximum Gasteiger partial charge on any atom is 0.171 e. The van der Waals surface area contributed by atoms with Crippen LogP contribution in [0.2, 0.25) is 0 Å². The highest BCUT2D eigenvalue weighted by Gasteiger charge is 1.59.